The van der Waals surface area contributed by atoms with Crippen molar-refractivity contribution in [2.24, 2.45) is 0 Å². The minimum atomic E-state index is -0.108. The molecule has 0 saturated carbocycles. The molecule has 3 heteroatoms. The third-order valence-electron chi connectivity index (χ3n) is 3.09. The van der Waals surface area contributed by atoms with Crippen molar-refractivity contribution in [2.45, 2.75) is 31.1 Å². The maximum absolute atomic E-state index is 13.6. The number of benzene rings is 1. The van der Waals surface area contributed by atoms with Crippen LogP contribution in [0.3, 0.4) is 0 Å². The summed E-state index contributed by atoms with van der Waals surface area (Å²) in [6.45, 7) is 3.25. The van der Waals surface area contributed by atoms with E-state index in [0.717, 1.165) is 17.8 Å². The van der Waals surface area contributed by atoms with Crippen molar-refractivity contribution in [2.75, 3.05) is 11.4 Å². The van der Waals surface area contributed by atoms with Crippen LogP contribution in [-0.2, 0) is 5.33 Å². The largest absolute Gasteiger partial charge is 0.368 e. The average Bonchev–Trinajstić information content (AvgIpc) is 2.64. The molecule has 1 unspecified atom stereocenters. The minimum absolute atomic E-state index is 0.108. The van der Waals surface area contributed by atoms with E-state index in [-0.39, 0.29) is 5.82 Å². The van der Waals surface area contributed by atoms with Gasteiger partial charge in [-0.25, -0.2) is 4.39 Å². The molecule has 1 heterocycles. The fraction of sp³-hybridized carbons (Fsp3) is 0.500. The number of hydrogen-bond acceptors (Lipinski definition) is 1. The SMILES string of the molecule is CC1CCCN1c1cccc(F)c1CBr. The van der Waals surface area contributed by atoms with Gasteiger partial charge in [0.15, 0.2) is 0 Å². The Morgan fingerprint density at radius 3 is 2.93 bits per heavy atom. The molecule has 0 bridgehead atoms. The van der Waals surface area contributed by atoms with Gasteiger partial charge in [-0.15, -0.1) is 0 Å². The second-order valence-electron chi connectivity index (χ2n) is 4.06. The molecule has 2 rings (SSSR count). The van der Waals surface area contributed by atoms with Gasteiger partial charge in [0.1, 0.15) is 5.82 Å². The molecule has 0 radical (unpaired) electrons. The topological polar surface area (TPSA) is 3.24 Å². The van der Waals surface area contributed by atoms with Crippen LogP contribution in [0.25, 0.3) is 0 Å². The first kappa shape index (κ1) is 10.9. The van der Waals surface area contributed by atoms with Gasteiger partial charge in [0.2, 0.25) is 0 Å². The van der Waals surface area contributed by atoms with Crippen LogP contribution in [0.2, 0.25) is 0 Å². The lowest BCUT2D eigenvalue weighted by atomic mass is 10.1. The summed E-state index contributed by atoms with van der Waals surface area (Å²) >= 11 is 3.36. The van der Waals surface area contributed by atoms with Crippen molar-refractivity contribution in [3.63, 3.8) is 0 Å². The number of hydrogen-bond donors (Lipinski definition) is 0. The molecule has 1 saturated heterocycles. The van der Waals surface area contributed by atoms with Gasteiger partial charge in [-0.05, 0) is 31.9 Å². The Bertz CT molecular complexity index is 353. The van der Waals surface area contributed by atoms with Crippen LogP contribution in [0.15, 0.2) is 18.2 Å². The molecule has 15 heavy (non-hydrogen) atoms. The zero-order valence-electron chi connectivity index (χ0n) is 8.84. The fourth-order valence-electron chi connectivity index (χ4n) is 2.24. The molecule has 0 N–H and O–H groups in total. The van der Waals surface area contributed by atoms with Gasteiger partial charge in [-0.1, -0.05) is 22.0 Å². The van der Waals surface area contributed by atoms with Crippen LogP contribution in [-0.4, -0.2) is 12.6 Å². The Balaban J connectivity index is 2.38. The second kappa shape index (κ2) is 4.52. The van der Waals surface area contributed by atoms with E-state index in [1.54, 1.807) is 6.07 Å². The summed E-state index contributed by atoms with van der Waals surface area (Å²) in [5, 5.41) is 0.582. The molecule has 1 fully saturated rings. The number of anilines is 1. The first-order valence-corrected chi connectivity index (χ1v) is 6.46. The normalized spacial score (nSPS) is 21.0. The summed E-state index contributed by atoms with van der Waals surface area (Å²) in [5.74, 6) is -0.108. The van der Waals surface area contributed by atoms with Crippen LogP contribution in [0.5, 0.6) is 0 Å². The molecular formula is C12H15BrFN. The van der Waals surface area contributed by atoms with Crippen LogP contribution in [0, 0.1) is 5.82 Å². The van der Waals surface area contributed by atoms with Crippen molar-refractivity contribution in [3.05, 3.63) is 29.6 Å². The summed E-state index contributed by atoms with van der Waals surface area (Å²) in [4.78, 5) is 2.31. The lowest BCUT2D eigenvalue weighted by Gasteiger charge is -2.26. The Labute approximate surface area is 98.4 Å². The van der Waals surface area contributed by atoms with Crippen LogP contribution in [0.1, 0.15) is 25.3 Å². The van der Waals surface area contributed by atoms with Crippen molar-refractivity contribution in [1.82, 2.24) is 0 Å². The van der Waals surface area contributed by atoms with Gasteiger partial charge in [-0.3, -0.25) is 0 Å². The lowest BCUT2D eigenvalue weighted by molar-refractivity contribution is 0.615. The van der Waals surface area contributed by atoms with Gasteiger partial charge in [0.25, 0.3) is 0 Å². The minimum Gasteiger partial charge on any atom is -0.368 e. The highest BCUT2D eigenvalue weighted by atomic mass is 79.9. The van der Waals surface area contributed by atoms with Gasteiger partial charge >= 0.3 is 0 Å². The standard InChI is InChI=1S/C12H15BrFN/c1-9-4-3-7-15(9)12-6-2-5-11(14)10(12)8-13/h2,5-6,9H,3-4,7-8H2,1H3. The molecule has 1 atom stereocenters. The molecule has 1 nitrogen and oxygen atoms in total. The number of rotatable bonds is 2. The Morgan fingerprint density at radius 1 is 1.53 bits per heavy atom. The van der Waals surface area contributed by atoms with Crippen molar-refractivity contribution in [1.29, 1.82) is 0 Å². The van der Waals surface area contributed by atoms with E-state index >= 15 is 0 Å². The average molecular weight is 272 g/mol. The molecule has 0 spiro atoms. The lowest BCUT2D eigenvalue weighted by Crippen LogP contribution is -2.27. The summed E-state index contributed by atoms with van der Waals surface area (Å²) in [5.41, 5.74) is 1.84. The Hall–Kier alpha value is -0.570. The van der Waals surface area contributed by atoms with E-state index in [9.17, 15) is 4.39 Å². The van der Waals surface area contributed by atoms with E-state index in [0.29, 0.717) is 11.4 Å². The summed E-state index contributed by atoms with van der Waals surface area (Å²) < 4.78 is 13.6. The molecular weight excluding hydrogens is 257 g/mol. The van der Waals surface area contributed by atoms with Crippen molar-refractivity contribution < 1.29 is 4.39 Å². The number of nitrogens with zero attached hydrogens (tertiary/aromatic N) is 1. The molecule has 1 aromatic rings. The van der Waals surface area contributed by atoms with Gasteiger partial charge < -0.3 is 4.90 Å². The molecule has 0 aliphatic carbocycles. The highest BCUT2D eigenvalue weighted by molar-refractivity contribution is 9.08. The molecule has 0 amide bonds. The van der Waals surface area contributed by atoms with E-state index in [1.165, 1.54) is 18.9 Å². The zero-order valence-corrected chi connectivity index (χ0v) is 10.4. The zero-order chi connectivity index (χ0) is 10.8. The third kappa shape index (κ3) is 2.03. The molecule has 1 aliphatic rings. The fourth-order valence-corrected chi connectivity index (χ4v) is 2.79. The van der Waals surface area contributed by atoms with E-state index < -0.39 is 0 Å². The van der Waals surface area contributed by atoms with Crippen LogP contribution >= 0.6 is 15.9 Å². The third-order valence-corrected chi connectivity index (χ3v) is 3.65. The number of alkyl halides is 1. The quantitative estimate of drug-likeness (QED) is 0.742. The van der Waals surface area contributed by atoms with E-state index in [1.807, 2.05) is 6.07 Å². The summed E-state index contributed by atoms with van der Waals surface area (Å²) in [6, 6.07) is 5.87. The van der Waals surface area contributed by atoms with Crippen LogP contribution < -0.4 is 4.90 Å². The van der Waals surface area contributed by atoms with E-state index in [2.05, 4.69) is 27.8 Å². The van der Waals surface area contributed by atoms with Crippen molar-refractivity contribution in [3.8, 4) is 0 Å². The molecule has 0 aromatic heterocycles. The Kier molecular flexibility index (Phi) is 3.29. The van der Waals surface area contributed by atoms with Gasteiger partial charge in [0, 0.05) is 29.2 Å². The maximum atomic E-state index is 13.6. The summed E-state index contributed by atoms with van der Waals surface area (Å²) in [6.07, 6.45) is 2.41. The highest BCUT2D eigenvalue weighted by Crippen LogP contribution is 2.31. The second-order valence-corrected chi connectivity index (χ2v) is 4.62. The molecule has 1 aliphatic heterocycles. The molecule has 1 aromatic carbocycles. The highest BCUT2D eigenvalue weighted by Gasteiger charge is 2.23. The first-order valence-electron chi connectivity index (χ1n) is 5.34. The van der Waals surface area contributed by atoms with Gasteiger partial charge in [-0.2, -0.15) is 0 Å². The maximum Gasteiger partial charge on any atom is 0.129 e. The van der Waals surface area contributed by atoms with Crippen molar-refractivity contribution >= 4 is 21.6 Å². The smallest absolute Gasteiger partial charge is 0.129 e. The number of halogens is 2. The molecule has 82 valence electrons. The first-order chi connectivity index (χ1) is 7.24. The van der Waals surface area contributed by atoms with Gasteiger partial charge in [0.05, 0.1) is 0 Å². The monoisotopic (exact) mass is 271 g/mol. The predicted molar refractivity (Wildman–Crippen MR) is 65.1 cm³/mol. The predicted octanol–water partition coefficient (Wildman–Crippen LogP) is 3.71. The summed E-state index contributed by atoms with van der Waals surface area (Å²) in [7, 11) is 0. The van der Waals surface area contributed by atoms with Crippen LogP contribution in [0.4, 0.5) is 10.1 Å². The van der Waals surface area contributed by atoms with E-state index in [4.69, 9.17) is 0 Å². The Morgan fingerprint density at radius 2 is 2.33 bits per heavy atom.